The highest BCUT2D eigenvalue weighted by Crippen LogP contribution is 2.38. The van der Waals surface area contributed by atoms with Gasteiger partial charge in [-0.3, -0.25) is 9.69 Å². The summed E-state index contributed by atoms with van der Waals surface area (Å²) >= 11 is 2.93. The lowest BCUT2D eigenvalue weighted by Crippen LogP contribution is -2.47. The predicted molar refractivity (Wildman–Crippen MR) is 106 cm³/mol. The van der Waals surface area contributed by atoms with E-state index in [1.807, 2.05) is 22.9 Å². The first-order valence-corrected chi connectivity index (χ1v) is 10.4. The molecule has 6 nitrogen and oxygen atoms in total. The summed E-state index contributed by atoms with van der Waals surface area (Å²) in [5.74, 6) is -0.494. The molecule has 2 aromatic rings. The summed E-state index contributed by atoms with van der Waals surface area (Å²) in [5, 5.41) is 7.35. The van der Waals surface area contributed by atoms with E-state index in [1.54, 1.807) is 18.3 Å². The van der Waals surface area contributed by atoms with Crippen molar-refractivity contribution in [3.63, 3.8) is 0 Å². The minimum absolute atomic E-state index is 0.0975. The lowest BCUT2D eigenvalue weighted by atomic mass is 10.1. The zero-order chi connectivity index (χ0) is 18.5. The number of nitrogens with one attached hydrogen (secondary N) is 1. The lowest BCUT2D eigenvalue weighted by molar-refractivity contribution is -0.117. The molecule has 0 aromatic carbocycles. The fraction of sp³-hybridized carbons (Fsp3) is 0.444. The maximum absolute atomic E-state index is 12.5. The Kier molecular flexibility index (Phi) is 6.42. The van der Waals surface area contributed by atoms with E-state index in [0.29, 0.717) is 23.7 Å². The lowest BCUT2D eigenvalue weighted by Gasteiger charge is -2.31. The highest BCUT2D eigenvalue weighted by Gasteiger charge is 2.24. The Balaban J connectivity index is 1.74. The molecule has 1 saturated heterocycles. The average Bonchev–Trinajstić information content (AvgIpc) is 3.26. The van der Waals surface area contributed by atoms with Crippen LogP contribution in [0.2, 0.25) is 0 Å². The van der Waals surface area contributed by atoms with Crippen LogP contribution in [0.4, 0.5) is 5.00 Å². The fourth-order valence-electron chi connectivity index (χ4n) is 2.84. The molecule has 0 bridgehead atoms. The van der Waals surface area contributed by atoms with Gasteiger partial charge in [0.2, 0.25) is 5.91 Å². The number of esters is 1. The van der Waals surface area contributed by atoms with Gasteiger partial charge in [0.1, 0.15) is 10.6 Å². The van der Waals surface area contributed by atoms with Crippen LogP contribution in [0.5, 0.6) is 0 Å². The molecular weight excluding hydrogens is 370 g/mol. The molecule has 0 saturated carbocycles. The van der Waals surface area contributed by atoms with Gasteiger partial charge in [-0.05, 0) is 25.4 Å². The molecule has 0 atom stereocenters. The van der Waals surface area contributed by atoms with Crippen LogP contribution >= 0.6 is 22.7 Å². The number of piperazine rings is 1. The van der Waals surface area contributed by atoms with E-state index in [4.69, 9.17) is 4.74 Å². The van der Waals surface area contributed by atoms with E-state index < -0.39 is 5.97 Å². The molecule has 8 heteroatoms. The number of nitrogens with zero attached hydrogens (tertiary/aromatic N) is 2. The van der Waals surface area contributed by atoms with Gasteiger partial charge in [-0.1, -0.05) is 6.07 Å². The Morgan fingerprint density at radius 1 is 1.23 bits per heavy atom. The Morgan fingerprint density at radius 2 is 2.00 bits per heavy atom. The van der Waals surface area contributed by atoms with Gasteiger partial charge in [-0.25, -0.2) is 4.79 Å². The molecule has 0 radical (unpaired) electrons. The topological polar surface area (TPSA) is 61.9 Å². The van der Waals surface area contributed by atoms with Crippen molar-refractivity contribution >= 4 is 39.6 Å². The van der Waals surface area contributed by atoms with E-state index in [9.17, 15) is 9.59 Å². The summed E-state index contributed by atoms with van der Waals surface area (Å²) in [6.07, 6.45) is 0. The molecule has 140 valence electrons. The molecule has 3 rings (SSSR count). The molecule has 1 amide bonds. The van der Waals surface area contributed by atoms with Gasteiger partial charge < -0.3 is 15.0 Å². The van der Waals surface area contributed by atoms with Crippen molar-refractivity contribution in [2.24, 2.45) is 0 Å². The van der Waals surface area contributed by atoms with Gasteiger partial charge in [-0.15, -0.1) is 22.7 Å². The molecule has 1 fully saturated rings. The molecule has 0 aliphatic carbocycles. The number of thiophene rings is 2. The van der Waals surface area contributed by atoms with E-state index in [1.165, 1.54) is 11.3 Å². The van der Waals surface area contributed by atoms with Crippen molar-refractivity contribution in [3.05, 3.63) is 28.5 Å². The Morgan fingerprint density at radius 3 is 2.65 bits per heavy atom. The number of likely N-dealkylation sites (N-methyl/N-ethyl adjacent to an activating group) is 1. The van der Waals surface area contributed by atoms with Crippen LogP contribution in [0.3, 0.4) is 0 Å². The van der Waals surface area contributed by atoms with E-state index in [2.05, 4.69) is 22.2 Å². The maximum atomic E-state index is 12.5. The summed E-state index contributed by atoms with van der Waals surface area (Å²) in [7, 11) is 2.08. The Bertz CT molecular complexity index is 750. The van der Waals surface area contributed by atoms with Crippen molar-refractivity contribution in [1.29, 1.82) is 0 Å². The van der Waals surface area contributed by atoms with Crippen molar-refractivity contribution in [2.75, 3.05) is 51.7 Å². The zero-order valence-electron chi connectivity index (χ0n) is 15.0. The molecule has 3 heterocycles. The fourth-order valence-corrected chi connectivity index (χ4v) is 4.63. The quantitative estimate of drug-likeness (QED) is 0.765. The second-order valence-electron chi connectivity index (χ2n) is 6.18. The number of carbonyl (C=O) groups is 2. The van der Waals surface area contributed by atoms with Gasteiger partial charge in [-0.2, -0.15) is 0 Å². The Hall–Kier alpha value is -1.74. The highest BCUT2D eigenvalue weighted by molar-refractivity contribution is 7.17. The third kappa shape index (κ3) is 4.50. The van der Waals surface area contributed by atoms with Gasteiger partial charge in [0, 0.05) is 42.0 Å². The van der Waals surface area contributed by atoms with Gasteiger partial charge in [0.25, 0.3) is 0 Å². The van der Waals surface area contributed by atoms with Crippen LogP contribution in [-0.2, 0) is 9.53 Å². The van der Waals surface area contributed by atoms with Crippen molar-refractivity contribution < 1.29 is 14.3 Å². The molecule has 1 aliphatic heterocycles. The summed E-state index contributed by atoms with van der Waals surface area (Å²) < 4.78 is 5.21. The maximum Gasteiger partial charge on any atom is 0.341 e. The molecule has 1 N–H and O–H groups in total. The third-order valence-electron chi connectivity index (χ3n) is 4.27. The third-order valence-corrected chi connectivity index (χ3v) is 6.07. The monoisotopic (exact) mass is 393 g/mol. The van der Waals surface area contributed by atoms with Crippen LogP contribution in [0.15, 0.2) is 22.9 Å². The number of anilines is 1. The smallest absolute Gasteiger partial charge is 0.341 e. The molecule has 26 heavy (non-hydrogen) atoms. The van der Waals surface area contributed by atoms with Crippen LogP contribution in [0, 0.1) is 0 Å². The second-order valence-corrected chi connectivity index (χ2v) is 8.01. The van der Waals surface area contributed by atoms with Crippen LogP contribution in [-0.4, -0.2) is 68.1 Å². The number of amides is 1. The Labute approximate surface area is 161 Å². The minimum Gasteiger partial charge on any atom is -0.462 e. The summed E-state index contributed by atoms with van der Waals surface area (Å²) in [6.45, 7) is 6.08. The first-order valence-electron chi connectivity index (χ1n) is 8.61. The normalized spacial score (nSPS) is 15.8. The first-order chi connectivity index (χ1) is 12.6. The summed E-state index contributed by atoms with van der Waals surface area (Å²) in [6, 6.07) is 3.91. The highest BCUT2D eigenvalue weighted by atomic mass is 32.1. The van der Waals surface area contributed by atoms with E-state index >= 15 is 0 Å². The van der Waals surface area contributed by atoms with Crippen molar-refractivity contribution in [3.8, 4) is 10.4 Å². The number of carbonyl (C=O) groups excluding carboxylic acids is 2. The number of hydrogen-bond acceptors (Lipinski definition) is 7. The van der Waals surface area contributed by atoms with Gasteiger partial charge in [0.05, 0.1) is 13.2 Å². The molecular formula is C18H23N3O3S2. The summed E-state index contributed by atoms with van der Waals surface area (Å²) in [4.78, 5) is 30.3. The van der Waals surface area contributed by atoms with Gasteiger partial charge in [0.15, 0.2) is 0 Å². The molecule has 0 unspecified atom stereocenters. The van der Waals surface area contributed by atoms with Crippen molar-refractivity contribution in [2.45, 2.75) is 6.92 Å². The van der Waals surface area contributed by atoms with Crippen LogP contribution in [0.25, 0.3) is 10.4 Å². The SMILES string of the molecule is CCOC(=O)c1c(-c2cccs2)csc1NC(=O)CN1CCN(C)CC1. The number of hydrogen-bond donors (Lipinski definition) is 1. The average molecular weight is 394 g/mol. The predicted octanol–water partition coefficient (Wildman–Crippen LogP) is 2.84. The summed E-state index contributed by atoms with van der Waals surface area (Å²) in [5.41, 5.74) is 1.27. The zero-order valence-corrected chi connectivity index (χ0v) is 16.6. The molecule has 2 aromatic heterocycles. The minimum atomic E-state index is -0.396. The van der Waals surface area contributed by atoms with E-state index in [-0.39, 0.29) is 5.91 Å². The first kappa shape index (κ1) is 19.0. The van der Waals surface area contributed by atoms with Gasteiger partial charge >= 0.3 is 5.97 Å². The van der Waals surface area contributed by atoms with Crippen LogP contribution in [0.1, 0.15) is 17.3 Å². The van der Waals surface area contributed by atoms with Crippen LogP contribution < -0.4 is 5.32 Å². The molecule has 1 aliphatic rings. The second kappa shape index (κ2) is 8.77. The number of rotatable bonds is 6. The van der Waals surface area contributed by atoms with E-state index in [0.717, 1.165) is 36.6 Å². The van der Waals surface area contributed by atoms with Crippen molar-refractivity contribution in [1.82, 2.24) is 9.80 Å². The molecule has 0 spiro atoms. The standard InChI is InChI=1S/C18H23N3O3S2/c1-3-24-18(23)16-13(14-5-4-10-25-14)12-26-17(16)19-15(22)11-21-8-6-20(2)7-9-21/h4-5,10,12H,3,6-9,11H2,1-2H3,(H,19,22). The number of ether oxygens (including phenoxy) is 1. The largest absolute Gasteiger partial charge is 0.462 e.